The number of non-ortho nitro benzene ring substituents is 1. The normalized spacial score (nSPS) is 13.9. The number of nitrogens with one attached hydrogen (secondary N) is 2. The number of nitrogens with zero attached hydrogens (tertiary/aromatic N) is 4. The zero-order valence-electron chi connectivity index (χ0n) is 15.9. The van der Waals surface area contributed by atoms with Crippen molar-refractivity contribution in [3.8, 4) is 11.4 Å². The van der Waals surface area contributed by atoms with Gasteiger partial charge in [-0.25, -0.2) is 4.98 Å². The number of rotatable bonds is 7. The quantitative estimate of drug-likeness (QED) is 0.454. The zero-order valence-corrected chi connectivity index (χ0v) is 15.9. The van der Waals surface area contributed by atoms with Crippen LogP contribution in [0.15, 0.2) is 54.7 Å². The van der Waals surface area contributed by atoms with E-state index in [-0.39, 0.29) is 5.69 Å². The van der Waals surface area contributed by atoms with Gasteiger partial charge < -0.3 is 10.6 Å². The molecule has 1 saturated carbocycles. The topological polar surface area (TPSA) is 106 Å². The Labute approximate surface area is 168 Å². The molecule has 0 amide bonds. The van der Waals surface area contributed by atoms with E-state index in [1.165, 1.54) is 25.0 Å². The van der Waals surface area contributed by atoms with Crippen LogP contribution in [-0.2, 0) is 6.54 Å². The summed E-state index contributed by atoms with van der Waals surface area (Å²) < 4.78 is 0. The number of nitro groups is 1. The monoisotopic (exact) mass is 390 g/mol. The first-order valence-corrected chi connectivity index (χ1v) is 9.71. The lowest BCUT2D eigenvalue weighted by atomic mass is 10.2. The standard InChI is InChI=1S/C21H22N6O2/c28-27(29)17-10-8-15(9-11-17)14-23-20-13-19(18-7-3-4-12-22-18)25-21(26-20)24-16-5-1-2-6-16/h3-4,7-13,16H,1-2,5-6,14H2,(H2,23,24,25,26). The molecule has 0 unspecified atom stereocenters. The molecule has 0 saturated heterocycles. The Bertz CT molecular complexity index is 972. The maximum atomic E-state index is 10.8. The second kappa shape index (κ2) is 8.64. The van der Waals surface area contributed by atoms with Gasteiger partial charge in [-0.15, -0.1) is 0 Å². The minimum absolute atomic E-state index is 0.0799. The molecule has 8 nitrogen and oxygen atoms in total. The molecule has 29 heavy (non-hydrogen) atoms. The van der Waals surface area contributed by atoms with Crippen LogP contribution < -0.4 is 10.6 Å². The first-order valence-electron chi connectivity index (χ1n) is 9.71. The summed E-state index contributed by atoms with van der Waals surface area (Å²) in [5.41, 5.74) is 2.53. The summed E-state index contributed by atoms with van der Waals surface area (Å²) in [5.74, 6) is 1.27. The van der Waals surface area contributed by atoms with Crippen LogP contribution in [0.2, 0.25) is 0 Å². The van der Waals surface area contributed by atoms with Gasteiger partial charge in [0.2, 0.25) is 5.95 Å². The van der Waals surface area contributed by atoms with Gasteiger partial charge in [0.05, 0.1) is 16.3 Å². The molecule has 2 heterocycles. The smallest absolute Gasteiger partial charge is 0.269 e. The molecule has 148 valence electrons. The number of nitro benzene ring substituents is 1. The van der Waals surface area contributed by atoms with Crippen molar-refractivity contribution in [1.29, 1.82) is 0 Å². The van der Waals surface area contributed by atoms with Crippen LogP contribution in [0.1, 0.15) is 31.2 Å². The summed E-state index contributed by atoms with van der Waals surface area (Å²) in [6, 6.07) is 14.5. The lowest BCUT2D eigenvalue weighted by Gasteiger charge is -2.14. The van der Waals surface area contributed by atoms with Crippen molar-refractivity contribution in [2.75, 3.05) is 10.6 Å². The summed E-state index contributed by atoms with van der Waals surface area (Å²) in [5, 5.41) is 17.5. The van der Waals surface area contributed by atoms with Crippen molar-refractivity contribution in [1.82, 2.24) is 15.0 Å². The molecule has 1 aromatic carbocycles. The van der Waals surface area contributed by atoms with Gasteiger partial charge >= 0.3 is 0 Å². The van der Waals surface area contributed by atoms with E-state index in [2.05, 4.69) is 25.6 Å². The second-order valence-corrected chi connectivity index (χ2v) is 7.08. The van der Waals surface area contributed by atoms with E-state index >= 15 is 0 Å². The van der Waals surface area contributed by atoms with Gasteiger partial charge in [0.25, 0.3) is 5.69 Å². The Morgan fingerprint density at radius 1 is 1.03 bits per heavy atom. The molecule has 0 spiro atoms. The third-order valence-electron chi connectivity index (χ3n) is 4.96. The molecular weight excluding hydrogens is 368 g/mol. The van der Waals surface area contributed by atoms with E-state index in [1.54, 1.807) is 18.3 Å². The molecule has 0 bridgehead atoms. The molecule has 1 aliphatic rings. The maximum Gasteiger partial charge on any atom is 0.269 e. The van der Waals surface area contributed by atoms with Gasteiger partial charge in [0.1, 0.15) is 5.82 Å². The largest absolute Gasteiger partial charge is 0.366 e. The van der Waals surface area contributed by atoms with Gasteiger partial charge in [-0.1, -0.05) is 31.0 Å². The minimum atomic E-state index is -0.401. The van der Waals surface area contributed by atoms with Crippen molar-refractivity contribution in [2.45, 2.75) is 38.3 Å². The van der Waals surface area contributed by atoms with Gasteiger partial charge in [0, 0.05) is 37.0 Å². The number of hydrogen-bond donors (Lipinski definition) is 2. The van der Waals surface area contributed by atoms with Crippen molar-refractivity contribution in [3.05, 3.63) is 70.4 Å². The molecule has 2 aromatic heterocycles. The summed E-state index contributed by atoms with van der Waals surface area (Å²) >= 11 is 0. The Balaban J connectivity index is 1.54. The SMILES string of the molecule is O=[N+]([O-])c1ccc(CNc2cc(-c3ccccn3)nc(NC3CCCC3)n2)cc1. The number of hydrogen-bond acceptors (Lipinski definition) is 7. The number of anilines is 2. The van der Waals surface area contributed by atoms with Crippen molar-refractivity contribution in [3.63, 3.8) is 0 Å². The molecule has 8 heteroatoms. The third-order valence-corrected chi connectivity index (χ3v) is 4.96. The van der Waals surface area contributed by atoms with Gasteiger partial charge in [-0.3, -0.25) is 15.1 Å². The Hall–Kier alpha value is -3.55. The van der Waals surface area contributed by atoms with Crippen LogP contribution in [-0.4, -0.2) is 25.9 Å². The maximum absolute atomic E-state index is 10.8. The fourth-order valence-electron chi connectivity index (χ4n) is 3.43. The second-order valence-electron chi connectivity index (χ2n) is 7.08. The van der Waals surface area contributed by atoms with E-state index in [4.69, 9.17) is 0 Å². The lowest BCUT2D eigenvalue weighted by molar-refractivity contribution is -0.384. The predicted molar refractivity (Wildman–Crippen MR) is 112 cm³/mol. The highest BCUT2D eigenvalue weighted by Gasteiger charge is 2.17. The summed E-state index contributed by atoms with van der Waals surface area (Å²) in [7, 11) is 0. The molecule has 3 aromatic rings. The third kappa shape index (κ3) is 4.84. The molecule has 1 fully saturated rings. The highest BCUT2D eigenvalue weighted by Crippen LogP contribution is 2.24. The molecule has 0 aliphatic heterocycles. The molecular formula is C21H22N6O2. The van der Waals surface area contributed by atoms with Gasteiger partial charge in [-0.2, -0.15) is 4.98 Å². The van der Waals surface area contributed by atoms with Gasteiger partial charge in [-0.05, 0) is 30.5 Å². The van der Waals surface area contributed by atoms with Crippen LogP contribution in [0.3, 0.4) is 0 Å². The Kier molecular flexibility index (Phi) is 5.60. The number of benzene rings is 1. The summed E-state index contributed by atoms with van der Waals surface area (Å²) in [6.45, 7) is 0.500. The van der Waals surface area contributed by atoms with Crippen molar-refractivity contribution >= 4 is 17.5 Å². The van der Waals surface area contributed by atoms with Crippen molar-refractivity contribution in [2.24, 2.45) is 0 Å². The average Bonchev–Trinajstić information content (AvgIpc) is 3.26. The van der Waals surface area contributed by atoms with E-state index in [9.17, 15) is 10.1 Å². The van der Waals surface area contributed by atoms with Crippen molar-refractivity contribution < 1.29 is 4.92 Å². The molecule has 0 radical (unpaired) electrons. The highest BCUT2D eigenvalue weighted by molar-refractivity contribution is 5.61. The van der Waals surface area contributed by atoms with E-state index in [1.807, 2.05) is 24.3 Å². The molecule has 0 atom stereocenters. The minimum Gasteiger partial charge on any atom is -0.366 e. The summed E-state index contributed by atoms with van der Waals surface area (Å²) in [4.78, 5) is 24.1. The Morgan fingerprint density at radius 2 is 1.83 bits per heavy atom. The summed E-state index contributed by atoms with van der Waals surface area (Å²) in [6.07, 6.45) is 6.45. The van der Waals surface area contributed by atoms with Crippen LogP contribution >= 0.6 is 0 Å². The molecule has 4 rings (SSSR count). The van der Waals surface area contributed by atoms with Crippen LogP contribution in [0.5, 0.6) is 0 Å². The van der Waals surface area contributed by atoms with Crippen LogP contribution in [0, 0.1) is 10.1 Å². The zero-order chi connectivity index (χ0) is 20.1. The van der Waals surface area contributed by atoms with E-state index in [0.717, 1.165) is 29.8 Å². The van der Waals surface area contributed by atoms with Crippen LogP contribution in [0.4, 0.5) is 17.5 Å². The Morgan fingerprint density at radius 3 is 2.52 bits per heavy atom. The first-order chi connectivity index (χ1) is 14.2. The first kappa shape index (κ1) is 18.8. The van der Waals surface area contributed by atoms with Crippen LogP contribution in [0.25, 0.3) is 11.4 Å². The fourth-order valence-corrected chi connectivity index (χ4v) is 3.43. The highest BCUT2D eigenvalue weighted by atomic mass is 16.6. The van der Waals surface area contributed by atoms with Gasteiger partial charge in [0.15, 0.2) is 0 Å². The molecule has 1 aliphatic carbocycles. The molecule has 2 N–H and O–H groups in total. The fraction of sp³-hybridized carbons (Fsp3) is 0.286. The number of aromatic nitrogens is 3. The van der Waals surface area contributed by atoms with E-state index < -0.39 is 4.92 Å². The average molecular weight is 390 g/mol. The predicted octanol–water partition coefficient (Wildman–Crippen LogP) is 4.41. The van der Waals surface area contributed by atoms with E-state index in [0.29, 0.717) is 24.4 Å². The number of pyridine rings is 1. The lowest BCUT2D eigenvalue weighted by Crippen LogP contribution is -2.17.